The first kappa shape index (κ1) is 18.9. The Morgan fingerprint density at radius 3 is 2.82 bits per heavy atom. The Labute approximate surface area is 165 Å². The molecule has 0 radical (unpaired) electrons. The van der Waals surface area contributed by atoms with E-state index < -0.39 is 11.6 Å². The van der Waals surface area contributed by atoms with Gasteiger partial charge in [0.05, 0.1) is 6.61 Å². The zero-order valence-electron chi connectivity index (χ0n) is 15.0. The standard InChI is InChI=1S/C20H19F2N3O2S/c21-15-9-16(22)11-17(10-15)27-13-18-12-25(7-8-26-18)28-24-20-6-5-14-3-1-2-4-19(14)23-20/h1-6,9-11,18H,7-8,12-13H2,(H,23,24)/p+1. The lowest BCUT2D eigenvalue weighted by Crippen LogP contribution is -2.42. The minimum atomic E-state index is -0.660. The van der Waals surface area contributed by atoms with Crippen LogP contribution in [0.2, 0.25) is 0 Å². The fraction of sp³-hybridized carbons (Fsp3) is 0.250. The van der Waals surface area contributed by atoms with Crippen molar-refractivity contribution in [3.8, 4) is 5.75 Å². The lowest BCUT2D eigenvalue weighted by Gasteiger charge is -2.29. The second-order valence-corrected chi connectivity index (χ2v) is 7.35. The van der Waals surface area contributed by atoms with Crippen LogP contribution < -0.4 is 14.4 Å². The molecule has 28 heavy (non-hydrogen) atoms. The Morgan fingerprint density at radius 2 is 1.96 bits per heavy atom. The molecule has 1 aromatic heterocycles. The molecule has 0 amide bonds. The minimum absolute atomic E-state index is 0.162. The smallest absolute Gasteiger partial charge is 0.285 e. The molecule has 3 aromatic rings. The average Bonchev–Trinajstić information content (AvgIpc) is 2.70. The lowest BCUT2D eigenvalue weighted by molar-refractivity contribution is -0.326. The van der Waals surface area contributed by atoms with Crippen LogP contribution in [-0.2, 0) is 4.74 Å². The largest absolute Gasteiger partial charge is 0.491 e. The van der Waals surface area contributed by atoms with Gasteiger partial charge in [0, 0.05) is 42.7 Å². The molecule has 1 aliphatic heterocycles. The van der Waals surface area contributed by atoms with Gasteiger partial charge in [0.2, 0.25) is 0 Å². The maximum absolute atomic E-state index is 13.2. The predicted molar refractivity (Wildman–Crippen MR) is 105 cm³/mol. The Morgan fingerprint density at radius 1 is 1.14 bits per heavy atom. The zero-order chi connectivity index (χ0) is 19.3. The van der Waals surface area contributed by atoms with E-state index in [9.17, 15) is 8.78 Å². The zero-order valence-corrected chi connectivity index (χ0v) is 15.8. The Balaban J connectivity index is 1.29. The summed E-state index contributed by atoms with van der Waals surface area (Å²) in [6.07, 6.45) is -0.185. The molecule has 0 spiro atoms. The number of aromatic amines is 1. The summed E-state index contributed by atoms with van der Waals surface area (Å²) in [4.78, 5) is 3.35. The Hall–Kier alpha value is -2.42. The van der Waals surface area contributed by atoms with Crippen LogP contribution in [0.15, 0.2) is 54.6 Å². The van der Waals surface area contributed by atoms with Gasteiger partial charge in [-0.1, -0.05) is 18.2 Å². The summed E-state index contributed by atoms with van der Waals surface area (Å²) in [7, 11) is 0. The second-order valence-electron chi connectivity index (χ2n) is 6.45. The minimum Gasteiger partial charge on any atom is -0.491 e. The third kappa shape index (κ3) is 4.89. The summed E-state index contributed by atoms with van der Waals surface area (Å²) >= 11 is 1.49. The third-order valence-corrected chi connectivity index (χ3v) is 5.22. The van der Waals surface area contributed by atoms with E-state index in [-0.39, 0.29) is 18.5 Å². The number of anilines is 1. The first-order valence-electron chi connectivity index (χ1n) is 8.95. The van der Waals surface area contributed by atoms with Gasteiger partial charge < -0.3 is 9.47 Å². The number of nitrogens with zero attached hydrogens (tertiary/aromatic N) is 1. The van der Waals surface area contributed by atoms with E-state index in [4.69, 9.17) is 9.47 Å². The number of fused-ring (bicyclic) bond motifs is 1. The normalized spacial score (nSPS) is 17.6. The highest BCUT2D eigenvalue weighted by atomic mass is 32.2. The molecule has 146 valence electrons. The number of para-hydroxylation sites is 1. The van der Waals surface area contributed by atoms with Gasteiger partial charge in [0.15, 0.2) is 0 Å². The Kier molecular flexibility index (Phi) is 5.90. The van der Waals surface area contributed by atoms with Gasteiger partial charge in [-0.05, 0) is 12.1 Å². The van der Waals surface area contributed by atoms with Gasteiger partial charge in [-0.2, -0.15) is 4.72 Å². The first-order valence-corrected chi connectivity index (χ1v) is 9.72. The number of rotatable bonds is 6. The summed E-state index contributed by atoms with van der Waals surface area (Å²) in [5, 5.41) is 1.15. The SMILES string of the molecule is Fc1cc(F)cc(OCC2CN(SNc3ccc4ccccc4[nH+]3)CCO2)c1. The molecule has 0 bridgehead atoms. The van der Waals surface area contributed by atoms with E-state index in [1.165, 1.54) is 12.1 Å². The van der Waals surface area contributed by atoms with Gasteiger partial charge in [-0.15, -0.1) is 0 Å². The van der Waals surface area contributed by atoms with Crippen molar-refractivity contribution in [2.24, 2.45) is 0 Å². The highest BCUT2D eigenvalue weighted by Crippen LogP contribution is 2.20. The summed E-state index contributed by atoms with van der Waals surface area (Å²) < 4.78 is 43.1. The van der Waals surface area contributed by atoms with Crippen LogP contribution in [0.1, 0.15) is 0 Å². The van der Waals surface area contributed by atoms with E-state index in [0.717, 1.165) is 41.5 Å². The quantitative estimate of drug-likeness (QED) is 0.635. The highest BCUT2D eigenvalue weighted by molar-refractivity contribution is 7.98. The maximum Gasteiger partial charge on any atom is 0.285 e. The van der Waals surface area contributed by atoms with Gasteiger partial charge in [0.25, 0.3) is 5.82 Å². The van der Waals surface area contributed by atoms with Crippen LogP contribution in [0.5, 0.6) is 5.75 Å². The van der Waals surface area contributed by atoms with Crippen molar-refractivity contribution in [2.75, 3.05) is 31.0 Å². The number of ether oxygens (including phenoxy) is 2. The number of H-pyrrole nitrogens is 1. The number of benzene rings is 2. The molecule has 1 atom stereocenters. The number of pyridine rings is 1. The van der Waals surface area contributed by atoms with Crippen molar-refractivity contribution in [3.63, 3.8) is 0 Å². The molecule has 1 aliphatic rings. The number of hydrogen-bond acceptors (Lipinski definition) is 5. The number of nitrogens with one attached hydrogen (secondary N) is 2. The van der Waals surface area contributed by atoms with Crippen LogP contribution >= 0.6 is 12.1 Å². The molecule has 2 N–H and O–H groups in total. The summed E-state index contributed by atoms with van der Waals surface area (Å²) in [5.74, 6) is -0.256. The number of hydrogen-bond donors (Lipinski definition) is 1. The molecular formula is C20H20F2N3O2S+. The summed E-state index contributed by atoms with van der Waals surface area (Å²) in [6, 6.07) is 15.3. The van der Waals surface area contributed by atoms with Crippen LogP contribution in [0.4, 0.5) is 14.6 Å². The number of aromatic nitrogens is 1. The molecule has 2 heterocycles. The van der Waals surface area contributed by atoms with Crippen molar-refractivity contribution in [2.45, 2.75) is 6.10 Å². The Bertz CT molecular complexity index is 939. The van der Waals surface area contributed by atoms with Crippen LogP contribution in [-0.4, -0.2) is 36.7 Å². The van der Waals surface area contributed by atoms with E-state index in [0.29, 0.717) is 13.2 Å². The predicted octanol–water partition coefficient (Wildman–Crippen LogP) is 3.69. The van der Waals surface area contributed by atoms with Gasteiger partial charge in [0.1, 0.15) is 47.7 Å². The van der Waals surface area contributed by atoms with Crippen molar-refractivity contribution in [1.82, 2.24) is 4.31 Å². The van der Waals surface area contributed by atoms with Crippen LogP contribution in [0.25, 0.3) is 10.9 Å². The van der Waals surface area contributed by atoms with Gasteiger partial charge >= 0.3 is 0 Å². The second kappa shape index (κ2) is 8.72. The number of halogens is 2. The molecule has 1 saturated heterocycles. The summed E-state index contributed by atoms with van der Waals surface area (Å²) in [6.45, 7) is 2.17. The molecule has 0 saturated carbocycles. The molecule has 4 rings (SSSR count). The third-order valence-electron chi connectivity index (χ3n) is 4.32. The topological polar surface area (TPSA) is 47.9 Å². The lowest BCUT2D eigenvalue weighted by atomic mass is 10.2. The van der Waals surface area contributed by atoms with Crippen LogP contribution in [0.3, 0.4) is 0 Å². The van der Waals surface area contributed by atoms with Crippen molar-refractivity contribution in [3.05, 3.63) is 66.2 Å². The fourth-order valence-corrected chi connectivity index (χ4v) is 3.72. The van der Waals surface area contributed by atoms with E-state index >= 15 is 0 Å². The average molecular weight is 404 g/mol. The van der Waals surface area contributed by atoms with E-state index in [1.807, 2.05) is 24.3 Å². The van der Waals surface area contributed by atoms with Gasteiger partial charge in [-0.3, -0.25) is 0 Å². The molecule has 5 nitrogen and oxygen atoms in total. The monoisotopic (exact) mass is 404 g/mol. The fourth-order valence-electron chi connectivity index (χ4n) is 2.97. The molecule has 2 aromatic carbocycles. The van der Waals surface area contributed by atoms with Crippen molar-refractivity contribution >= 4 is 28.9 Å². The van der Waals surface area contributed by atoms with Crippen molar-refractivity contribution in [1.29, 1.82) is 0 Å². The summed E-state index contributed by atoms with van der Waals surface area (Å²) in [5.41, 5.74) is 1.06. The maximum atomic E-state index is 13.2. The van der Waals surface area contributed by atoms with Crippen molar-refractivity contribution < 1.29 is 23.2 Å². The van der Waals surface area contributed by atoms with Crippen LogP contribution in [0, 0.1) is 11.6 Å². The highest BCUT2D eigenvalue weighted by Gasteiger charge is 2.23. The number of morpholine rings is 1. The molecule has 0 aliphatic carbocycles. The molecular weight excluding hydrogens is 384 g/mol. The molecule has 1 unspecified atom stereocenters. The molecule has 1 fully saturated rings. The van der Waals surface area contributed by atoms with E-state index in [2.05, 4.69) is 26.1 Å². The van der Waals surface area contributed by atoms with Gasteiger partial charge in [-0.25, -0.2) is 18.1 Å². The van der Waals surface area contributed by atoms with E-state index in [1.54, 1.807) is 0 Å². The molecule has 8 heteroatoms. The first-order chi connectivity index (χ1) is 13.7.